The van der Waals surface area contributed by atoms with Crippen molar-refractivity contribution in [3.63, 3.8) is 0 Å². The lowest BCUT2D eigenvalue weighted by atomic mass is 9.72. The van der Waals surface area contributed by atoms with E-state index in [2.05, 4.69) is 216 Å². The molecule has 13 rings (SSSR count). The molecule has 0 unspecified atom stereocenters. The molecule has 0 aliphatic carbocycles. The molecule has 0 radical (unpaired) electrons. The summed E-state index contributed by atoms with van der Waals surface area (Å²) in [5.41, 5.74) is 10.3. The molecule has 7 nitrogen and oxygen atoms in total. The summed E-state index contributed by atoms with van der Waals surface area (Å²) in [6.07, 6.45) is 11.3. The van der Waals surface area contributed by atoms with Crippen molar-refractivity contribution in [2.45, 2.75) is 60.2 Å². The van der Waals surface area contributed by atoms with E-state index in [0.29, 0.717) is 10.5 Å². The lowest BCUT2D eigenvalue weighted by Crippen LogP contribution is -2.41. The molecular weight excluding hydrogens is 1330 g/mol. The van der Waals surface area contributed by atoms with Gasteiger partial charge in [0.15, 0.2) is 0 Å². The van der Waals surface area contributed by atoms with E-state index in [1.807, 2.05) is 133 Å². The van der Waals surface area contributed by atoms with Gasteiger partial charge in [0.25, 0.3) is 0 Å². The number of hydrogen-bond acceptors (Lipinski definition) is 7. The maximum absolute atomic E-state index is 8.58. The van der Waals surface area contributed by atoms with Crippen LogP contribution in [0.4, 0.5) is 0 Å². The molecule has 2 N–H and O–H groups in total. The van der Waals surface area contributed by atoms with Gasteiger partial charge in [-0.15, -0.1) is 12.3 Å². The zero-order valence-electron chi connectivity index (χ0n) is 53.9. The molecule has 3 aromatic heterocycles. The molecule has 0 spiro atoms. The molecule has 1 saturated heterocycles. The van der Waals surface area contributed by atoms with Crippen molar-refractivity contribution in [1.82, 2.24) is 0 Å². The lowest BCUT2D eigenvalue weighted by molar-refractivity contribution is 0.00578. The molecule has 4 heterocycles. The van der Waals surface area contributed by atoms with Gasteiger partial charge in [0.1, 0.15) is 33.5 Å². The Morgan fingerprint density at radius 1 is 0.414 bits per heavy atom. The van der Waals surface area contributed by atoms with E-state index in [0.717, 1.165) is 103 Å². The van der Waals surface area contributed by atoms with Crippen molar-refractivity contribution in [3.05, 3.63) is 221 Å². The van der Waals surface area contributed by atoms with Crippen molar-refractivity contribution in [2.24, 2.45) is 0 Å². The largest absolute Gasteiger partial charge is 0.496 e. The molecule has 0 bridgehead atoms. The second kappa shape index (κ2) is 37.4. The van der Waals surface area contributed by atoms with Crippen LogP contribution in [0.5, 0.6) is 0 Å². The molecule has 0 amide bonds. The smallest absolute Gasteiger partial charge is 0.456 e. The van der Waals surface area contributed by atoms with Crippen molar-refractivity contribution < 1.29 is 32.6 Å². The Labute approximate surface area is 598 Å². The zero-order valence-corrected chi connectivity index (χ0v) is 57.0. The summed E-state index contributed by atoms with van der Waals surface area (Å²) < 4.78 is 31.5. The average Bonchev–Trinajstić information content (AvgIpc) is 1.61. The third kappa shape index (κ3) is 19.9. The van der Waals surface area contributed by atoms with E-state index >= 15 is 0 Å². The summed E-state index contributed by atoms with van der Waals surface area (Å²) in [5.74, 6) is 53.3. The second-order valence-electron chi connectivity index (χ2n) is 21.4. The topological polar surface area (TPSA) is 98.3 Å². The SMILES string of the molecule is C.C#CC#CC#CC#CC#CC#CC.CC1(C)OB(c2c(-c3ccccc3)ccc3oc4ccccc4c23)OC1(C)C.Clc1c(-c2ccccc2)ccc2oc3ccccc3c12.Clc1c(Br)ccc2oc3ccccc3c12.OB(O)c1ccccc1.[C-]#CC#CC#CC#CC#CC#CC. The molecule has 9 aromatic carbocycles. The molecule has 1 aliphatic rings. The standard InChI is InChI=1S/C24H23BO3.C18H11ClO.C13H4.C13H3.C12H6BrClO.C6H7BO2.CH4/c1-23(2)24(3,4)28-25(27-23)22-17(16-10-6-5-7-11-16)14-15-20-21(22)18-12-8-9-13-19(18)26-20;19-18-13(12-6-2-1-3-7-12)10-11-16-17(18)14-8-4-5-9-15(14)20-16;2*1-3-5-7-9-11-13-12-10-8-6-4-2;13-8-5-6-10-11(12(8)14)7-3-1-2-4-9(7)15-10;8-7(9)6-4-2-1-3-5-6;/h5-15H,1-4H3;1-11H;1H,2H3;1H3;1-6H;1-5,8-9H;1H4/q;;;-1;;;. The van der Waals surface area contributed by atoms with Gasteiger partial charge in [-0.2, -0.15) is 0 Å². The van der Waals surface area contributed by atoms with Crippen LogP contribution in [0.2, 0.25) is 10.0 Å². The van der Waals surface area contributed by atoms with Gasteiger partial charge in [0, 0.05) is 47.8 Å². The van der Waals surface area contributed by atoms with Crippen LogP contribution in [0.25, 0.3) is 88.1 Å². The van der Waals surface area contributed by atoms with Crippen LogP contribution in [0.15, 0.2) is 218 Å². The summed E-state index contributed by atoms with van der Waals surface area (Å²) in [6.45, 7) is 11.7. The van der Waals surface area contributed by atoms with Crippen molar-refractivity contribution >= 4 is 130 Å². The second-order valence-corrected chi connectivity index (χ2v) is 23.0. The van der Waals surface area contributed by atoms with Gasteiger partial charge in [0.2, 0.25) is 0 Å². The minimum atomic E-state index is -1.34. The van der Waals surface area contributed by atoms with Crippen LogP contribution >= 0.6 is 39.1 Å². The highest BCUT2D eigenvalue weighted by molar-refractivity contribution is 9.10. The third-order valence-corrected chi connectivity index (χ3v) is 16.3. The van der Waals surface area contributed by atoms with E-state index < -0.39 is 25.4 Å². The number of terminal acetylenes is 1. The van der Waals surface area contributed by atoms with E-state index in [1.165, 1.54) is 0 Å². The van der Waals surface area contributed by atoms with E-state index in [1.54, 1.807) is 38.1 Å². The van der Waals surface area contributed by atoms with E-state index in [4.69, 9.17) is 68.7 Å². The van der Waals surface area contributed by atoms with Crippen molar-refractivity contribution in [3.8, 4) is 159 Å². The third-order valence-electron chi connectivity index (χ3n) is 14.6. The van der Waals surface area contributed by atoms with Crippen LogP contribution in [-0.4, -0.2) is 35.5 Å². The summed E-state index contributed by atoms with van der Waals surface area (Å²) in [5, 5.41) is 24.8. The average molecular weight is 1390 g/mol. The number of fused-ring (bicyclic) bond motifs is 9. The Kier molecular flexibility index (Phi) is 28.2. The Morgan fingerprint density at radius 2 is 0.758 bits per heavy atom. The molecule has 12 aromatic rings. The van der Waals surface area contributed by atoms with Crippen molar-refractivity contribution in [1.29, 1.82) is 0 Å². The van der Waals surface area contributed by atoms with Gasteiger partial charge >= 0.3 is 14.2 Å². The summed E-state index contributed by atoms with van der Waals surface area (Å²) in [4.78, 5) is 0. The van der Waals surface area contributed by atoms with Crippen LogP contribution in [0.3, 0.4) is 0 Å². The van der Waals surface area contributed by atoms with Gasteiger partial charge in [-0.25, -0.2) is 5.92 Å². The Bertz CT molecular complexity index is 5560. The Morgan fingerprint density at radius 3 is 1.17 bits per heavy atom. The minimum absolute atomic E-state index is 0. The highest BCUT2D eigenvalue weighted by atomic mass is 79.9. The number of hydrogen-bond donors (Lipinski definition) is 2. The predicted octanol–water partition coefficient (Wildman–Crippen LogP) is 17.7. The monoisotopic (exact) mass is 1390 g/mol. The van der Waals surface area contributed by atoms with Gasteiger partial charge in [-0.05, 0) is 229 Å². The van der Waals surface area contributed by atoms with Crippen LogP contribution in [0, 0.1) is 143 Å². The fraction of sp³-hybridized carbons (Fsp3) is 0.103. The summed E-state index contributed by atoms with van der Waals surface area (Å²) >= 11 is 16.3. The number of rotatable bonds is 4. The highest BCUT2D eigenvalue weighted by Gasteiger charge is 2.53. The minimum Gasteiger partial charge on any atom is -0.456 e. The van der Waals surface area contributed by atoms with Crippen LogP contribution in [0.1, 0.15) is 49.0 Å². The number of furan rings is 3. The first-order chi connectivity index (χ1) is 47.6. The normalized spacial score (nSPS) is 10.9. The summed E-state index contributed by atoms with van der Waals surface area (Å²) in [6, 6.07) is 65.2. The summed E-state index contributed by atoms with van der Waals surface area (Å²) in [7, 11) is -1.81. The van der Waals surface area contributed by atoms with Crippen LogP contribution in [-0.2, 0) is 9.31 Å². The van der Waals surface area contributed by atoms with Crippen molar-refractivity contribution in [2.75, 3.05) is 0 Å². The van der Waals surface area contributed by atoms with Gasteiger partial charge in [-0.3, -0.25) is 5.92 Å². The fourth-order valence-corrected chi connectivity index (χ4v) is 10.5. The van der Waals surface area contributed by atoms with E-state index in [9.17, 15) is 0 Å². The molecule has 99 heavy (non-hydrogen) atoms. The quantitative estimate of drug-likeness (QED) is 0.103. The number of halogens is 3. The first-order valence-electron chi connectivity index (χ1n) is 30.0. The highest BCUT2D eigenvalue weighted by Crippen LogP contribution is 2.42. The number of benzene rings is 9. The maximum atomic E-state index is 8.58. The molecule has 0 atom stereocenters. The van der Waals surface area contributed by atoms with Crippen LogP contribution < -0.4 is 10.9 Å². The van der Waals surface area contributed by atoms with Gasteiger partial charge in [-0.1, -0.05) is 194 Å². The molecular formula is C87H58B2BrCl2O7-. The molecule has 1 fully saturated rings. The Hall–Kier alpha value is -11.9. The maximum Gasteiger partial charge on any atom is 0.496 e. The Balaban J connectivity index is 0.000000174. The van der Waals surface area contributed by atoms with Gasteiger partial charge < -0.3 is 39.0 Å². The first-order valence-corrected chi connectivity index (χ1v) is 31.5. The molecule has 0 saturated carbocycles. The molecule has 12 heteroatoms. The van der Waals surface area contributed by atoms with E-state index in [-0.39, 0.29) is 7.43 Å². The fourth-order valence-electron chi connectivity index (χ4n) is 9.54. The van der Waals surface area contributed by atoms with Gasteiger partial charge in [0.05, 0.1) is 21.2 Å². The molecule has 476 valence electrons. The molecule has 1 aliphatic heterocycles. The first kappa shape index (κ1) is 74.5. The number of para-hydroxylation sites is 3. The lowest BCUT2D eigenvalue weighted by Gasteiger charge is -2.32. The predicted molar refractivity (Wildman–Crippen MR) is 414 cm³/mol. The zero-order chi connectivity index (χ0) is 69.7.